The smallest absolute Gasteiger partial charge is 0.258 e. The highest BCUT2D eigenvalue weighted by Gasteiger charge is 2.21. The SMILES string of the molecule is CN1CCN(c2ccc(C(=O)Nc3n[nH]c4ccc(Cc5cc(F)cc(F)c5)cc34)c(NCC3CNC3)c2)CC1. The molecular formula is C30H33F2N7O. The summed E-state index contributed by atoms with van der Waals surface area (Å²) in [4.78, 5) is 18.2. The van der Waals surface area contributed by atoms with Gasteiger partial charge in [0.1, 0.15) is 11.6 Å². The molecule has 0 unspecified atom stereocenters. The zero-order valence-electron chi connectivity index (χ0n) is 22.4. The Labute approximate surface area is 231 Å². The highest BCUT2D eigenvalue weighted by atomic mass is 19.1. The molecular weight excluding hydrogens is 512 g/mol. The van der Waals surface area contributed by atoms with Gasteiger partial charge in [0.25, 0.3) is 5.91 Å². The van der Waals surface area contributed by atoms with Crippen molar-refractivity contribution in [3.63, 3.8) is 0 Å². The molecule has 2 aliphatic rings. The van der Waals surface area contributed by atoms with Crippen molar-refractivity contribution in [2.24, 2.45) is 5.92 Å². The van der Waals surface area contributed by atoms with E-state index in [4.69, 9.17) is 0 Å². The summed E-state index contributed by atoms with van der Waals surface area (Å²) in [6.45, 7) is 6.61. The number of fused-ring (bicyclic) bond motifs is 1. The third-order valence-electron chi connectivity index (χ3n) is 7.75. The van der Waals surface area contributed by atoms with Gasteiger partial charge in [0.15, 0.2) is 5.82 Å². The van der Waals surface area contributed by atoms with Gasteiger partial charge in [0.05, 0.1) is 11.1 Å². The maximum absolute atomic E-state index is 13.7. The minimum absolute atomic E-state index is 0.259. The summed E-state index contributed by atoms with van der Waals surface area (Å²) in [6, 6.07) is 15.1. The molecule has 0 spiro atoms. The molecule has 0 saturated carbocycles. The van der Waals surface area contributed by atoms with Gasteiger partial charge >= 0.3 is 0 Å². The van der Waals surface area contributed by atoms with Crippen molar-refractivity contribution in [1.29, 1.82) is 0 Å². The van der Waals surface area contributed by atoms with Crippen LogP contribution in [0.4, 0.5) is 26.0 Å². The van der Waals surface area contributed by atoms with Crippen LogP contribution in [0.1, 0.15) is 21.5 Å². The van der Waals surface area contributed by atoms with E-state index < -0.39 is 11.6 Å². The van der Waals surface area contributed by atoms with Crippen LogP contribution in [0.25, 0.3) is 10.9 Å². The number of aromatic amines is 1. The Morgan fingerprint density at radius 1 is 0.975 bits per heavy atom. The van der Waals surface area contributed by atoms with Crippen LogP contribution in [0.5, 0.6) is 0 Å². The van der Waals surface area contributed by atoms with E-state index in [0.29, 0.717) is 29.3 Å². The lowest BCUT2D eigenvalue weighted by Gasteiger charge is -2.34. The molecule has 208 valence electrons. The minimum atomic E-state index is -0.607. The predicted octanol–water partition coefficient (Wildman–Crippen LogP) is 4.07. The van der Waals surface area contributed by atoms with E-state index in [9.17, 15) is 13.6 Å². The first kappa shape index (κ1) is 26.2. The summed E-state index contributed by atoms with van der Waals surface area (Å²) < 4.78 is 27.4. The fourth-order valence-electron chi connectivity index (χ4n) is 5.27. The Balaban J connectivity index is 1.24. The topological polar surface area (TPSA) is 88.3 Å². The number of piperazine rings is 1. The predicted molar refractivity (Wildman–Crippen MR) is 154 cm³/mol. The van der Waals surface area contributed by atoms with Gasteiger partial charge in [-0.3, -0.25) is 9.89 Å². The maximum Gasteiger partial charge on any atom is 0.258 e. The van der Waals surface area contributed by atoms with Gasteiger partial charge in [-0.05, 0) is 67.1 Å². The van der Waals surface area contributed by atoms with Crippen molar-refractivity contribution >= 4 is 34.0 Å². The Morgan fingerprint density at radius 3 is 2.48 bits per heavy atom. The van der Waals surface area contributed by atoms with E-state index in [1.807, 2.05) is 30.3 Å². The quantitative estimate of drug-likeness (QED) is 0.267. The lowest BCUT2D eigenvalue weighted by atomic mass is 10.0. The molecule has 2 fully saturated rings. The number of aromatic nitrogens is 2. The number of H-pyrrole nitrogens is 1. The highest BCUT2D eigenvalue weighted by Crippen LogP contribution is 2.28. The van der Waals surface area contributed by atoms with Gasteiger partial charge in [-0.2, -0.15) is 5.10 Å². The molecule has 6 rings (SSSR count). The number of benzene rings is 3. The van der Waals surface area contributed by atoms with Crippen molar-refractivity contribution in [1.82, 2.24) is 20.4 Å². The molecule has 0 atom stereocenters. The molecule has 4 N–H and O–H groups in total. The van der Waals surface area contributed by atoms with Crippen molar-refractivity contribution < 1.29 is 13.6 Å². The maximum atomic E-state index is 13.7. The third-order valence-corrected chi connectivity index (χ3v) is 7.75. The summed E-state index contributed by atoms with van der Waals surface area (Å²) in [7, 11) is 2.13. The highest BCUT2D eigenvalue weighted by molar-refractivity contribution is 6.11. The fourth-order valence-corrected chi connectivity index (χ4v) is 5.27. The number of carbonyl (C=O) groups is 1. The average Bonchev–Trinajstić information content (AvgIpc) is 3.29. The summed E-state index contributed by atoms with van der Waals surface area (Å²) >= 11 is 0. The van der Waals surface area contributed by atoms with Gasteiger partial charge < -0.3 is 25.8 Å². The molecule has 4 aromatic rings. The van der Waals surface area contributed by atoms with Crippen molar-refractivity contribution in [3.8, 4) is 0 Å². The Kier molecular flexibility index (Phi) is 7.36. The first-order chi connectivity index (χ1) is 19.4. The Morgan fingerprint density at radius 2 is 1.75 bits per heavy atom. The molecule has 10 heteroatoms. The van der Waals surface area contributed by atoms with E-state index in [2.05, 4.69) is 49.1 Å². The second kappa shape index (κ2) is 11.2. The summed E-state index contributed by atoms with van der Waals surface area (Å²) in [5, 5.41) is 17.8. The third kappa shape index (κ3) is 5.78. The number of nitrogens with zero attached hydrogens (tertiary/aromatic N) is 3. The van der Waals surface area contributed by atoms with Crippen LogP contribution in [-0.2, 0) is 6.42 Å². The van der Waals surface area contributed by atoms with Crippen LogP contribution in [-0.4, -0.2) is 73.9 Å². The van der Waals surface area contributed by atoms with Crippen LogP contribution in [0.3, 0.4) is 0 Å². The van der Waals surface area contributed by atoms with Crippen LogP contribution in [0.2, 0.25) is 0 Å². The summed E-state index contributed by atoms with van der Waals surface area (Å²) in [5.74, 6) is -0.536. The van der Waals surface area contributed by atoms with Gasteiger partial charge in [0.2, 0.25) is 0 Å². The van der Waals surface area contributed by atoms with Gasteiger partial charge in [-0.1, -0.05) is 6.07 Å². The molecule has 0 radical (unpaired) electrons. The average molecular weight is 546 g/mol. The van der Waals surface area contributed by atoms with E-state index in [1.54, 1.807) is 0 Å². The number of likely N-dealkylation sites (N-methyl/N-ethyl adjacent to an activating group) is 1. The van der Waals surface area contributed by atoms with Crippen molar-refractivity contribution in [2.75, 3.05) is 68.4 Å². The van der Waals surface area contributed by atoms with Gasteiger partial charge in [-0.15, -0.1) is 0 Å². The molecule has 0 aliphatic carbocycles. The van der Waals surface area contributed by atoms with Gasteiger partial charge in [-0.25, -0.2) is 8.78 Å². The molecule has 8 nitrogen and oxygen atoms in total. The molecule has 1 amide bonds. The molecule has 0 bridgehead atoms. The number of anilines is 3. The summed E-state index contributed by atoms with van der Waals surface area (Å²) in [5.41, 5.74) is 4.58. The van der Waals surface area contributed by atoms with E-state index in [1.165, 1.54) is 12.1 Å². The number of rotatable bonds is 8. The number of amides is 1. The molecule has 2 aliphatic heterocycles. The van der Waals surface area contributed by atoms with Crippen LogP contribution in [0, 0.1) is 17.6 Å². The standard InChI is InChI=1S/C30H33F2N7O/c1-38-6-8-39(9-7-38)24-3-4-25(28(15-24)34-18-21-16-33-17-21)30(40)35-29-26-13-19(2-5-27(26)36-37-29)10-20-11-22(31)14-23(32)12-20/h2-5,11-15,21,33-34H,6-10,16-18H2,1H3,(H2,35,36,37,40). The number of carbonyl (C=O) groups excluding carboxylic acids is 1. The number of nitrogens with one attached hydrogen (secondary N) is 4. The molecule has 1 aromatic heterocycles. The lowest BCUT2D eigenvalue weighted by Crippen LogP contribution is -2.45. The monoisotopic (exact) mass is 545 g/mol. The molecule has 3 aromatic carbocycles. The second-order valence-corrected chi connectivity index (χ2v) is 10.8. The zero-order valence-corrected chi connectivity index (χ0v) is 22.4. The number of hydrogen-bond donors (Lipinski definition) is 4. The Hall–Kier alpha value is -4.02. The van der Waals surface area contributed by atoms with Crippen LogP contribution < -0.4 is 20.9 Å². The first-order valence-corrected chi connectivity index (χ1v) is 13.7. The van der Waals surface area contributed by atoms with E-state index >= 15 is 0 Å². The molecule has 40 heavy (non-hydrogen) atoms. The van der Waals surface area contributed by atoms with Crippen molar-refractivity contribution in [2.45, 2.75) is 6.42 Å². The van der Waals surface area contributed by atoms with Gasteiger partial charge in [0, 0.05) is 74.6 Å². The minimum Gasteiger partial charge on any atom is -0.384 e. The van der Waals surface area contributed by atoms with E-state index in [0.717, 1.165) is 79.7 Å². The lowest BCUT2D eigenvalue weighted by molar-refractivity contribution is 0.102. The van der Waals surface area contributed by atoms with Crippen LogP contribution in [0.15, 0.2) is 54.6 Å². The largest absolute Gasteiger partial charge is 0.384 e. The zero-order chi connectivity index (χ0) is 27.6. The van der Waals surface area contributed by atoms with E-state index in [-0.39, 0.29) is 5.91 Å². The normalized spacial score (nSPS) is 16.2. The fraction of sp³-hybridized carbons (Fsp3) is 0.333. The molecule has 2 saturated heterocycles. The number of halogens is 2. The second-order valence-electron chi connectivity index (χ2n) is 10.8. The first-order valence-electron chi connectivity index (χ1n) is 13.7. The molecule has 3 heterocycles. The summed E-state index contributed by atoms with van der Waals surface area (Å²) in [6.07, 6.45) is 0.348. The van der Waals surface area contributed by atoms with Crippen molar-refractivity contribution in [3.05, 3.63) is 82.9 Å². The van der Waals surface area contributed by atoms with Crippen LogP contribution >= 0.6 is 0 Å². The number of hydrogen-bond acceptors (Lipinski definition) is 6. The Bertz CT molecular complexity index is 1510.